The molecule has 0 bridgehead atoms. The van der Waals surface area contributed by atoms with Crippen LogP contribution in [0.25, 0.3) is 193 Å². The summed E-state index contributed by atoms with van der Waals surface area (Å²) in [4.78, 5) is 2.53. The third kappa shape index (κ3) is 12.6. The smallest absolute Gasteiger partial charge is 0.0635 e. The zero-order chi connectivity index (χ0) is 86.8. The maximum Gasteiger partial charge on any atom is 0.0635 e. The molecule has 19 aromatic carbocycles. The summed E-state index contributed by atoms with van der Waals surface area (Å²) in [6.07, 6.45) is 9.78. The Morgan fingerprint density at radius 3 is 1.26 bits per heavy atom. The fraction of sp³-hybridized carbons (Fsp3) is 0.0407. The molecule has 7 aromatic heterocycles. The van der Waals surface area contributed by atoms with Gasteiger partial charge in [0.1, 0.15) is 0 Å². The van der Waals surface area contributed by atoms with E-state index >= 15 is 0 Å². The van der Waals surface area contributed by atoms with Crippen LogP contribution >= 0.6 is 0 Å². The summed E-state index contributed by atoms with van der Waals surface area (Å²) in [6, 6.07) is 162. The van der Waals surface area contributed by atoms with Gasteiger partial charge in [-0.25, -0.2) is 0 Å². The Bertz CT molecular complexity index is 8940. The Morgan fingerprint density at radius 1 is 0.206 bits per heavy atom. The molecule has 0 unspecified atom stereocenters. The van der Waals surface area contributed by atoms with Crippen LogP contribution in [0, 0.1) is 0 Å². The summed E-state index contributed by atoms with van der Waals surface area (Å²) >= 11 is 0. The molecule has 8 heterocycles. The monoisotopic (exact) mass is 1680 g/mol. The molecule has 28 rings (SSSR count). The molecule has 131 heavy (non-hydrogen) atoms. The third-order valence-electron chi connectivity index (χ3n) is 27.5. The molecule has 0 N–H and O–H groups in total. The second kappa shape index (κ2) is 31.3. The first-order chi connectivity index (χ1) is 64.8. The van der Waals surface area contributed by atoms with Gasteiger partial charge in [0.15, 0.2) is 0 Å². The summed E-state index contributed by atoms with van der Waals surface area (Å²) in [5.41, 5.74) is 33.0. The number of para-hydroxylation sites is 7. The average Bonchev–Trinajstić information content (AvgIpc) is 1.62. The van der Waals surface area contributed by atoms with E-state index in [-0.39, 0.29) is 5.41 Å². The van der Waals surface area contributed by atoms with E-state index in [0.717, 1.165) is 18.7 Å². The minimum Gasteiger partial charge on any atom is -0.341 e. The van der Waals surface area contributed by atoms with Crippen molar-refractivity contribution in [3.05, 3.63) is 490 Å². The van der Waals surface area contributed by atoms with Gasteiger partial charge in [-0.15, -0.1) is 0 Å². The van der Waals surface area contributed by atoms with Gasteiger partial charge in [-0.05, 0) is 214 Å². The lowest BCUT2D eigenvalue weighted by atomic mass is 9.82. The number of hydrogen-bond acceptors (Lipinski definition) is 1. The van der Waals surface area contributed by atoms with Crippen LogP contribution < -0.4 is 4.90 Å². The molecule has 0 radical (unpaired) electrons. The van der Waals surface area contributed by atoms with Gasteiger partial charge in [0.05, 0.1) is 60.9 Å². The third-order valence-corrected chi connectivity index (χ3v) is 27.5. The van der Waals surface area contributed by atoms with E-state index in [1.807, 2.05) is 0 Å². The molecule has 1 aliphatic heterocycles. The summed E-state index contributed by atoms with van der Waals surface area (Å²) in [7, 11) is 0. The molecule has 0 saturated carbocycles. The lowest BCUT2D eigenvalue weighted by molar-refractivity contribution is 0.660. The number of anilines is 2. The Hall–Kier alpha value is -16.9. The van der Waals surface area contributed by atoms with Crippen LogP contribution in [0.1, 0.15) is 30.5 Å². The number of aromatic nitrogens is 7. The standard InChI is InChI=1S/C35H28N2.C32H22N2.C30H20N2.C26H18N2/c1-35(2)30-14-8-6-12-25(30)26-17-16-24(22-31(26)35)36-21-20-29-32(36)19-18-28-27-13-7-9-15-33(27)37(34(28)29)23-10-4-3-5-11-23;1-3-10-23(11-4-1)24-12-9-15-26(22-24)33-21-20-29-30(33)19-18-28-27-16-7-8-17-31(27)34(32(28)29)25-13-5-2-6-14-25;1-2-11-22(12-3-1)32-29-15-7-6-14-24(29)25-17-18-28-26(30(25)32)19-20-31(28)27-16-8-10-21-9-4-5-13-23(21)27;1-2-8-22(9-3-1)28-16-14-20-11-13-25-24(26(20)28)15-17-27(25)23-12-10-19-6-4-5-7-21(19)18-23/h3-19,22H,20-21H2,1-2H3;1-22H;1-20H;1-18H. The van der Waals surface area contributed by atoms with Gasteiger partial charge in [0, 0.05) is 147 Å². The van der Waals surface area contributed by atoms with Gasteiger partial charge < -0.3 is 36.9 Å². The molecule has 620 valence electrons. The van der Waals surface area contributed by atoms with Crippen LogP contribution in [0.5, 0.6) is 0 Å². The average molecular weight is 1680 g/mol. The molecule has 26 aromatic rings. The Morgan fingerprint density at radius 2 is 0.634 bits per heavy atom. The SMILES string of the molecule is CC1(C)c2ccccc2-c2ccc(N3CCc4c3ccc3c5ccccc5n(-c5ccccc5)c43)cc21.c1ccc(-c2cccc(-n3ccc4c3ccc3c5ccccc5n(-c5ccccc5)c34)c2)cc1.c1ccc(-n2c3ccccc3c3ccc4c(ccn4-c4cccc5ccccc45)c32)cc1.c1ccc(-n2ccc3ccc4c(ccn4-c4ccc5ccccc5c4)c32)cc1. The minimum absolute atomic E-state index is 0.00811. The van der Waals surface area contributed by atoms with Crippen molar-refractivity contribution in [3.63, 3.8) is 0 Å². The Labute approximate surface area is 758 Å². The first-order valence-corrected chi connectivity index (χ1v) is 45.4. The highest BCUT2D eigenvalue weighted by Gasteiger charge is 2.37. The van der Waals surface area contributed by atoms with Crippen LogP contribution in [0.3, 0.4) is 0 Å². The number of nitrogens with zero attached hydrogens (tertiary/aromatic N) is 8. The first kappa shape index (κ1) is 76.5. The molecular formula is C123H88N8. The second-order valence-electron chi connectivity index (χ2n) is 35.1. The number of rotatable bonds is 9. The van der Waals surface area contributed by atoms with E-state index in [1.54, 1.807) is 0 Å². The van der Waals surface area contributed by atoms with Crippen LogP contribution in [0.15, 0.2) is 474 Å². The van der Waals surface area contributed by atoms with Gasteiger partial charge in [0.25, 0.3) is 0 Å². The van der Waals surface area contributed by atoms with Crippen LogP contribution in [-0.4, -0.2) is 38.5 Å². The predicted molar refractivity (Wildman–Crippen MR) is 551 cm³/mol. The number of hydrogen-bond donors (Lipinski definition) is 0. The van der Waals surface area contributed by atoms with E-state index in [9.17, 15) is 0 Å². The molecule has 8 heteroatoms. The Balaban J connectivity index is 0.0000000945. The molecule has 8 nitrogen and oxygen atoms in total. The van der Waals surface area contributed by atoms with Crippen molar-refractivity contribution in [2.75, 3.05) is 11.4 Å². The van der Waals surface area contributed by atoms with Gasteiger partial charge in [0.2, 0.25) is 0 Å². The summed E-state index contributed by atoms with van der Waals surface area (Å²) in [5, 5.41) is 17.9. The molecule has 1 aliphatic carbocycles. The fourth-order valence-electron chi connectivity index (χ4n) is 21.5. The normalized spacial score (nSPS) is 12.6. The van der Waals surface area contributed by atoms with Gasteiger partial charge in [-0.3, -0.25) is 0 Å². The van der Waals surface area contributed by atoms with Crippen molar-refractivity contribution >= 4 is 142 Å². The molecule has 0 spiro atoms. The first-order valence-electron chi connectivity index (χ1n) is 45.4. The highest BCUT2D eigenvalue weighted by atomic mass is 15.2. The maximum atomic E-state index is 2.53. The molecule has 0 saturated heterocycles. The fourth-order valence-corrected chi connectivity index (χ4v) is 21.5. The second-order valence-corrected chi connectivity index (χ2v) is 35.1. The molecule has 0 amide bonds. The van der Waals surface area contributed by atoms with Crippen molar-refractivity contribution in [1.82, 2.24) is 32.0 Å². The van der Waals surface area contributed by atoms with E-state index in [1.165, 1.54) is 215 Å². The van der Waals surface area contributed by atoms with Crippen molar-refractivity contribution < 1.29 is 0 Å². The van der Waals surface area contributed by atoms with E-state index in [2.05, 4.69) is 524 Å². The van der Waals surface area contributed by atoms with Crippen LogP contribution in [0.4, 0.5) is 11.4 Å². The summed E-state index contributed by atoms with van der Waals surface area (Å²) in [6.45, 7) is 5.72. The summed E-state index contributed by atoms with van der Waals surface area (Å²) in [5.74, 6) is 0. The van der Waals surface area contributed by atoms with Crippen molar-refractivity contribution in [2.45, 2.75) is 25.7 Å². The lowest BCUT2D eigenvalue weighted by Gasteiger charge is -2.25. The molecule has 2 aliphatic rings. The van der Waals surface area contributed by atoms with Crippen molar-refractivity contribution in [1.29, 1.82) is 0 Å². The maximum absolute atomic E-state index is 2.53. The van der Waals surface area contributed by atoms with Gasteiger partial charge in [-0.2, -0.15) is 0 Å². The molecular weight excluding hydrogens is 1590 g/mol. The largest absolute Gasteiger partial charge is 0.341 e. The van der Waals surface area contributed by atoms with E-state index in [4.69, 9.17) is 0 Å². The van der Waals surface area contributed by atoms with Gasteiger partial charge in [-0.1, -0.05) is 305 Å². The highest BCUT2D eigenvalue weighted by molar-refractivity contribution is 6.21. The van der Waals surface area contributed by atoms with E-state index in [0.29, 0.717) is 0 Å². The lowest BCUT2D eigenvalue weighted by Crippen LogP contribution is -2.17. The minimum atomic E-state index is 0.00811. The number of benzene rings is 19. The van der Waals surface area contributed by atoms with Crippen molar-refractivity contribution in [3.8, 4) is 62.1 Å². The van der Waals surface area contributed by atoms with E-state index < -0.39 is 0 Å². The zero-order valence-corrected chi connectivity index (χ0v) is 72.5. The summed E-state index contributed by atoms with van der Waals surface area (Å²) < 4.78 is 16.5. The van der Waals surface area contributed by atoms with Gasteiger partial charge >= 0.3 is 0 Å². The van der Waals surface area contributed by atoms with Crippen LogP contribution in [-0.2, 0) is 11.8 Å². The zero-order valence-electron chi connectivity index (χ0n) is 72.5. The highest BCUT2D eigenvalue weighted by Crippen LogP contribution is 2.52. The number of fused-ring (bicyclic) bond motifs is 23. The molecule has 0 fully saturated rings. The topological polar surface area (TPSA) is 37.8 Å². The Kier molecular flexibility index (Phi) is 18.3. The van der Waals surface area contributed by atoms with Crippen molar-refractivity contribution in [2.24, 2.45) is 0 Å². The van der Waals surface area contributed by atoms with Crippen LogP contribution in [0.2, 0.25) is 0 Å². The quantitative estimate of drug-likeness (QED) is 0.142. The predicted octanol–water partition coefficient (Wildman–Crippen LogP) is 31.8. The molecule has 0 atom stereocenters.